The lowest BCUT2D eigenvalue weighted by Crippen LogP contribution is -2.35. The number of nitrogens with one attached hydrogen (secondary N) is 1. The molecule has 0 unspecified atom stereocenters. The minimum atomic E-state index is -0.696. The molecule has 1 N–H and O–H groups in total. The first-order valence-electron chi connectivity index (χ1n) is 11.5. The van der Waals surface area contributed by atoms with Crippen molar-refractivity contribution in [1.29, 1.82) is 0 Å². The minimum Gasteiger partial charge on any atom is -0.496 e. The van der Waals surface area contributed by atoms with Crippen molar-refractivity contribution in [3.05, 3.63) is 63.5 Å². The summed E-state index contributed by atoms with van der Waals surface area (Å²) in [7, 11) is 3.14. The van der Waals surface area contributed by atoms with E-state index in [0.29, 0.717) is 34.6 Å². The fraction of sp³-hybridized carbons (Fsp3) is 0.385. The van der Waals surface area contributed by atoms with Gasteiger partial charge in [-0.3, -0.25) is 9.69 Å². The summed E-state index contributed by atoms with van der Waals surface area (Å²) < 4.78 is 21.9. The summed E-state index contributed by atoms with van der Waals surface area (Å²) in [6.45, 7) is 6.02. The zero-order valence-electron chi connectivity index (χ0n) is 19.8. The van der Waals surface area contributed by atoms with Gasteiger partial charge in [0.15, 0.2) is 0 Å². The van der Waals surface area contributed by atoms with Crippen LogP contribution in [0.25, 0.3) is 11.0 Å². The van der Waals surface area contributed by atoms with Crippen LogP contribution in [0.2, 0.25) is 0 Å². The molecular weight excluding hydrogens is 436 g/mol. The van der Waals surface area contributed by atoms with Crippen LogP contribution in [-0.4, -0.2) is 51.3 Å². The molecule has 1 aliphatic heterocycles. The molecule has 2 aromatic carbocycles. The fourth-order valence-corrected chi connectivity index (χ4v) is 4.20. The zero-order valence-corrected chi connectivity index (χ0v) is 19.8. The molecule has 4 rings (SSSR count). The Morgan fingerprint density at radius 2 is 1.82 bits per heavy atom. The molecular formula is C26H30N2O6. The van der Waals surface area contributed by atoms with Crippen LogP contribution >= 0.6 is 0 Å². The fourth-order valence-electron chi connectivity index (χ4n) is 4.20. The smallest absolute Gasteiger partial charge is 0.349 e. The molecule has 34 heavy (non-hydrogen) atoms. The molecule has 1 fully saturated rings. The topological polar surface area (TPSA) is 90.2 Å². The van der Waals surface area contributed by atoms with E-state index in [-0.39, 0.29) is 5.56 Å². The highest BCUT2D eigenvalue weighted by atomic mass is 16.5. The van der Waals surface area contributed by atoms with Crippen LogP contribution < -0.4 is 20.4 Å². The number of methoxy groups -OCH3 is 2. The third-order valence-corrected chi connectivity index (χ3v) is 5.95. The number of rotatable bonds is 8. The molecule has 0 bridgehead atoms. The van der Waals surface area contributed by atoms with E-state index in [1.54, 1.807) is 32.4 Å². The van der Waals surface area contributed by atoms with Crippen LogP contribution in [-0.2, 0) is 17.7 Å². The minimum absolute atomic E-state index is 0.0699. The number of anilines is 1. The van der Waals surface area contributed by atoms with Gasteiger partial charge in [0.25, 0.3) is 5.91 Å². The maximum absolute atomic E-state index is 13.0. The van der Waals surface area contributed by atoms with E-state index in [4.69, 9.17) is 18.6 Å². The molecule has 0 atom stereocenters. The number of hydrogen-bond acceptors (Lipinski definition) is 7. The zero-order chi connectivity index (χ0) is 24.1. The normalized spacial score (nSPS) is 14.2. The molecule has 1 saturated heterocycles. The summed E-state index contributed by atoms with van der Waals surface area (Å²) in [6, 6.07) is 10.8. The van der Waals surface area contributed by atoms with E-state index in [9.17, 15) is 9.59 Å². The van der Waals surface area contributed by atoms with Crippen LogP contribution in [0.3, 0.4) is 0 Å². The first-order valence-corrected chi connectivity index (χ1v) is 11.5. The van der Waals surface area contributed by atoms with Crippen molar-refractivity contribution >= 4 is 22.6 Å². The third kappa shape index (κ3) is 5.08. The summed E-state index contributed by atoms with van der Waals surface area (Å²) in [5.74, 6) is 0.638. The Bertz CT molecular complexity index is 1230. The van der Waals surface area contributed by atoms with Gasteiger partial charge in [0.2, 0.25) is 0 Å². The third-order valence-electron chi connectivity index (χ3n) is 5.95. The van der Waals surface area contributed by atoms with Crippen LogP contribution in [0.15, 0.2) is 45.6 Å². The van der Waals surface area contributed by atoms with Crippen molar-refractivity contribution in [2.24, 2.45) is 0 Å². The lowest BCUT2D eigenvalue weighted by atomic mass is 10.0. The predicted octanol–water partition coefficient (Wildman–Crippen LogP) is 3.85. The predicted molar refractivity (Wildman–Crippen MR) is 130 cm³/mol. The number of ether oxygens (including phenoxy) is 3. The maximum Gasteiger partial charge on any atom is 0.349 e. The molecule has 0 aliphatic carbocycles. The summed E-state index contributed by atoms with van der Waals surface area (Å²) in [5, 5.41) is 3.46. The summed E-state index contributed by atoms with van der Waals surface area (Å²) >= 11 is 0. The lowest BCUT2D eigenvalue weighted by molar-refractivity contribution is 0.0341. The van der Waals surface area contributed by atoms with Crippen LogP contribution in [0.4, 0.5) is 5.69 Å². The van der Waals surface area contributed by atoms with Crippen molar-refractivity contribution in [1.82, 2.24) is 4.90 Å². The number of amides is 1. The molecule has 180 valence electrons. The summed E-state index contributed by atoms with van der Waals surface area (Å²) in [4.78, 5) is 28.0. The number of hydrogen-bond donors (Lipinski definition) is 1. The van der Waals surface area contributed by atoms with Crippen molar-refractivity contribution in [2.75, 3.05) is 45.8 Å². The number of nitrogens with zero attached hydrogens (tertiary/aromatic N) is 1. The van der Waals surface area contributed by atoms with Gasteiger partial charge in [-0.25, -0.2) is 4.79 Å². The van der Waals surface area contributed by atoms with Gasteiger partial charge in [0.05, 0.1) is 33.1 Å². The van der Waals surface area contributed by atoms with E-state index >= 15 is 0 Å². The van der Waals surface area contributed by atoms with Gasteiger partial charge < -0.3 is 23.9 Å². The molecule has 0 spiro atoms. The van der Waals surface area contributed by atoms with E-state index in [1.807, 2.05) is 25.1 Å². The Balaban J connectivity index is 1.58. The number of benzene rings is 2. The van der Waals surface area contributed by atoms with Gasteiger partial charge in [0, 0.05) is 30.6 Å². The van der Waals surface area contributed by atoms with Gasteiger partial charge in [0.1, 0.15) is 22.6 Å². The van der Waals surface area contributed by atoms with Crippen molar-refractivity contribution in [2.45, 2.75) is 26.3 Å². The summed E-state index contributed by atoms with van der Waals surface area (Å²) in [5.41, 5.74) is 2.06. The Hall–Kier alpha value is -3.36. The van der Waals surface area contributed by atoms with Gasteiger partial charge >= 0.3 is 5.63 Å². The molecule has 8 heteroatoms. The van der Waals surface area contributed by atoms with Gasteiger partial charge in [-0.2, -0.15) is 0 Å². The molecule has 3 aromatic rings. The molecule has 1 amide bonds. The average Bonchev–Trinajstić information content (AvgIpc) is 2.85. The first-order chi connectivity index (χ1) is 16.5. The Morgan fingerprint density at radius 1 is 1.06 bits per heavy atom. The second-order valence-corrected chi connectivity index (χ2v) is 8.24. The van der Waals surface area contributed by atoms with Gasteiger partial charge in [-0.15, -0.1) is 0 Å². The van der Waals surface area contributed by atoms with Crippen LogP contribution in [0, 0.1) is 0 Å². The molecule has 1 aromatic heterocycles. The quantitative estimate of drug-likeness (QED) is 0.505. The average molecular weight is 467 g/mol. The van der Waals surface area contributed by atoms with Crippen LogP contribution in [0.5, 0.6) is 11.5 Å². The van der Waals surface area contributed by atoms with E-state index in [1.165, 1.54) is 0 Å². The highest BCUT2D eigenvalue weighted by Crippen LogP contribution is 2.30. The van der Waals surface area contributed by atoms with Gasteiger partial charge in [-0.05, 0) is 42.3 Å². The standard InChI is InChI=1S/C26H30N2O6/c1-4-5-19-22(31-2)9-7-18-15-20(26(30)34-24(18)19)25(29)27-21-8-6-17(14-23(21)32-3)16-28-10-12-33-13-11-28/h6-9,14-15H,4-5,10-13,16H2,1-3H3,(H,27,29). The molecule has 0 saturated carbocycles. The number of carbonyl (C=O) groups excluding carboxylic acids is 1. The van der Waals surface area contributed by atoms with Crippen molar-refractivity contribution < 1.29 is 23.4 Å². The second-order valence-electron chi connectivity index (χ2n) is 8.24. The number of carbonyl (C=O) groups is 1. The highest BCUT2D eigenvalue weighted by molar-refractivity contribution is 6.06. The first kappa shape index (κ1) is 23.8. The van der Waals surface area contributed by atoms with Crippen LogP contribution in [0.1, 0.15) is 34.8 Å². The Labute approximate surface area is 198 Å². The number of aryl methyl sites for hydroxylation is 1. The maximum atomic E-state index is 13.0. The number of fused-ring (bicyclic) bond motifs is 1. The van der Waals surface area contributed by atoms with Gasteiger partial charge in [-0.1, -0.05) is 19.4 Å². The Morgan fingerprint density at radius 3 is 2.53 bits per heavy atom. The lowest BCUT2D eigenvalue weighted by Gasteiger charge is -2.26. The van der Waals surface area contributed by atoms with Crippen molar-refractivity contribution in [3.8, 4) is 11.5 Å². The van der Waals surface area contributed by atoms with E-state index < -0.39 is 11.5 Å². The summed E-state index contributed by atoms with van der Waals surface area (Å²) in [6.07, 6.45) is 1.56. The Kier molecular flexibility index (Phi) is 7.49. The SMILES string of the molecule is CCCc1c(OC)ccc2cc(C(=O)Nc3ccc(CN4CCOCC4)cc3OC)c(=O)oc12. The van der Waals surface area contributed by atoms with E-state index in [0.717, 1.165) is 50.4 Å². The largest absolute Gasteiger partial charge is 0.496 e. The monoisotopic (exact) mass is 466 g/mol. The second kappa shape index (κ2) is 10.7. The van der Waals surface area contributed by atoms with Crippen molar-refractivity contribution in [3.63, 3.8) is 0 Å². The molecule has 8 nitrogen and oxygen atoms in total. The molecule has 0 radical (unpaired) electrons. The molecule has 2 heterocycles. The number of morpholine rings is 1. The molecule has 1 aliphatic rings. The highest BCUT2D eigenvalue weighted by Gasteiger charge is 2.19. The van der Waals surface area contributed by atoms with E-state index in [2.05, 4.69) is 10.2 Å².